The highest BCUT2D eigenvalue weighted by molar-refractivity contribution is 5.09. The number of rotatable bonds is 3. The van der Waals surface area contributed by atoms with Gasteiger partial charge in [-0.1, -0.05) is 39.5 Å². The molecular weight excluding hydrogens is 220 g/mol. The molecule has 2 unspecified atom stereocenters. The summed E-state index contributed by atoms with van der Waals surface area (Å²) >= 11 is 0. The average molecular weight is 248 g/mol. The van der Waals surface area contributed by atoms with E-state index in [1.807, 2.05) is 0 Å². The molecule has 2 fully saturated rings. The maximum Gasteiger partial charge on any atom is 0.0738 e. The molecule has 1 aliphatic carbocycles. The third kappa shape index (κ3) is 2.58. The Kier molecular flexibility index (Phi) is 4.35. The number of piperazine rings is 1. The zero-order valence-electron chi connectivity index (χ0n) is 12.2. The first-order valence-corrected chi connectivity index (χ1v) is 7.59. The highest BCUT2D eigenvalue weighted by Crippen LogP contribution is 2.35. The maximum absolute atomic E-state index is 5.80. The molecule has 1 saturated heterocycles. The summed E-state index contributed by atoms with van der Waals surface area (Å²) in [6.07, 6.45) is 12.4. The van der Waals surface area contributed by atoms with E-state index in [0.29, 0.717) is 23.5 Å². The summed E-state index contributed by atoms with van der Waals surface area (Å²) in [5.41, 5.74) is 0.371. The van der Waals surface area contributed by atoms with Gasteiger partial charge in [-0.25, -0.2) is 0 Å². The van der Waals surface area contributed by atoms with Gasteiger partial charge in [-0.3, -0.25) is 4.90 Å². The molecule has 2 atom stereocenters. The molecule has 18 heavy (non-hydrogen) atoms. The second-order valence-corrected chi connectivity index (χ2v) is 6.46. The monoisotopic (exact) mass is 248 g/mol. The molecule has 2 aliphatic rings. The Hall–Kier alpha value is -0.520. The van der Waals surface area contributed by atoms with E-state index in [0.717, 1.165) is 13.1 Å². The third-order valence-corrected chi connectivity index (χ3v) is 4.86. The summed E-state index contributed by atoms with van der Waals surface area (Å²) in [7, 11) is 0. The van der Waals surface area contributed by atoms with Gasteiger partial charge in [0.15, 0.2) is 0 Å². The lowest BCUT2D eigenvalue weighted by atomic mass is 9.88. The highest BCUT2D eigenvalue weighted by Gasteiger charge is 2.42. The first-order chi connectivity index (χ1) is 8.62. The lowest BCUT2D eigenvalue weighted by Gasteiger charge is -2.49. The molecule has 0 aromatic heterocycles. The predicted molar refractivity (Wildman–Crippen MR) is 77.4 cm³/mol. The van der Waals surface area contributed by atoms with E-state index >= 15 is 0 Å². The lowest BCUT2D eigenvalue weighted by molar-refractivity contribution is 0.0448. The van der Waals surface area contributed by atoms with Gasteiger partial charge < -0.3 is 5.32 Å². The van der Waals surface area contributed by atoms with Crippen molar-refractivity contribution in [2.24, 2.45) is 5.92 Å². The molecule has 0 aromatic carbocycles. The summed E-state index contributed by atoms with van der Waals surface area (Å²) in [6, 6.07) is 0.911. The van der Waals surface area contributed by atoms with Crippen LogP contribution >= 0.6 is 0 Å². The van der Waals surface area contributed by atoms with Crippen molar-refractivity contribution in [3.8, 4) is 12.3 Å². The summed E-state index contributed by atoms with van der Waals surface area (Å²) in [5.74, 6) is 3.58. The van der Waals surface area contributed by atoms with Crippen LogP contribution in [0.25, 0.3) is 0 Å². The molecule has 1 heterocycles. The van der Waals surface area contributed by atoms with Crippen LogP contribution in [0.2, 0.25) is 0 Å². The predicted octanol–water partition coefficient (Wildman–Crippen LogP) is 2.64. The lowest BCUT2D eigenvalue weighted by Crippen LogP contribution is -2.65. The van der Waals surface area contributed by atoms with Gasteiger partial charge in [0.25, 0.3) is 0 Å². The van der Waals surface area contributed by atoms with Crippen LogP contribution < -0.4 is 5.32 Å². The smallest absolute Gasteiger partial charge is 0.0738 e. The molecule has 0 amide bonds. The number of nitrogens with one attached hydrogen (secondary N) is 1. The molecule has 1 aliphatic heterocycles. The van der Waals surface area contributed by atoms with E-state index in [1.54, 1.807) is 0 Å². The number of hydrogen-bond donors (Lipinski definition) is 1. The molecular formula is C16H28N2. The van der Waals surface area contributed by atoms with Crippen LogP contribution in [-0.2, 0) is 0 Å². The highest BCUT2D eigenvalue weighted by atomic mass is 15.3. The molecule has 1 spiro atoms. The molecule has 0 aromatic rings. The molecule has 0 radical (unpaired) electrons. The molecule has 2 heteroatoms. The van der Waals surface area contributed by atoms with Crippen molar-refractivity contribution in [3.63, 3.8) is 0 Å². The van der Waals surface area contributed by atoms with Gasteiger partial charge in [-0.05, 0) is 25.2 Å². The fraction of sp³-hybridized carbons (Fsp3) is 0.875. The molecule has 2 nitrogen and oxygen atoms in total. The van der Waals surface area contributed by atoms with Crippen molar-refractivity contribution in [2.75, 3.05) is 13.1 Å². The SMILES string of the molecule is C#CC(C(C)C)N1CC2(CCCC2)NCC1CC. The minimum atomic E-state index is 0.300. The summed E-state index contributed by atoms with van der Waals surface area (Å²) in [6.45, 7) is 9.04. The molecule has 0 bridgehead atoms. The van der Waals surface area contributed by atoms with Crippen LogP contribution in [0.3, 0.4) is 0 Å². The van der Waals surface area contributed by atoms with Crippen LogP contribution in [0.15, 0.2) is 0 Å². The summed E-state index contributed by atoms with van der Waals surface area (Å²) < 4.78 is 0. The van der Waals surface area contributed by atoms with E-state index < -0.39 is 0 Å². The average Bonchev–Trinajstić information content (AvgIpc) is 2.78. The van der Waals surface area contributed by atoms with E-state index in [9.17, 15) is 0 Å². The van der Waals surface area contributed by atoms with E-state index in [-0.39, 0.29) is 0 Å². The molecule has 1 N–H and O–H groups in total. The Morgan fingerprint density at radius 2 is 2.06 bits per heavy atom. The van der Waals surface area contributed by atoms with Gasteiger partial charge in [-0.2, -0.15) is 0 Å². The van der Waals surface area contributed by atoms with Crippen LogP contribution in [0, 0.1) is 18.3 Å². The van der Waals surface area contributed by atoms with Crippen molar-refractivity contribution >= 4 is 0 Å². The molecule has 2 rings (SSSR count). The van der Waals surface area contributed by atoms with Gasteiger partial charge in [0.2, 0.25) is 0 Å². The van der Waals surface area contributed by atoms with E-state index in [2.05, 4.69) is 36.9 Å². The molecule has 102 valence electrons. The van der Waals surface area contributed by atoms with E-state index in [4.69, 9.17) is 6.42 Å². The second-order valence-electron chi connectivity index (χ2n) is 6.46. The van der Waals surface area contributed by atoms with Crippen molar-refractivity contribution in [2.45, 2.75) is 70.5 Å². The summed E-state index contributed by atoms with van der Waals surface area (Å²) in [5, 5.41) is 3.83. The van der Waals surface area contributed by atoms with Crippen LogP contribution in [0.4, 0.5) is 0 Å². The Morgan fingerprint density at radius 3 is 2.56 bits per heavy atom. The number of terminal acetylenes is 1. The minimum absolute atomic E-state index is 0.300. The first kappa shape index (κ1) is 13.9. The first-order valence-electron chi connectivity index (χ1n) is 7.59. The van der Waals surface area contributed by atoms with Crippen LogP contribution in [-0.4, -0.2) is 35.6 Å². The second kappa shape index (κ2) is 5.63. The van der Waals surface area contributed by atoms with Gasteiger partial charge >= 0.3 is 0 Å². The topological polar surface area (TPSA) is 15.3 Å². The Bertz CT molecular complexity index is 310. The largest absolute Gasteiger partial charge is 0.308 e. The third-order valence-electron chi connectivity index (χ3n) is 4.86. The van der Waals surface area contributed by atoms with Crippen molar-refractivity contribution in [3.05, 3.63) is 0 Å². The van der Waals surface area contributed by atoms with Gasteiger partial charge in [0, 0.05) is 24.7 Å². The van der Waals surface area contributed by atoms with Crippen LogP contribution in [0.5, 0.6) is 0 Å². The van der Waals surface area contributed by atoms with Crippen molar-refractivity contribution in [1.82, 2.24) is 10.2 Å². The quantitative estimate of drug-likeness (QED) is 0.773. The van der Waals surface area contributed by atoms with Gasteiger partial charge in [0.05, 0.1) is 6.04 Å². The van der Waals surface area contributed by atoms with Crippen molar-refractivity contribution < 1.29 is 0 Å². The Balaban J connectivity index is 2.15. The number of hydrogen-bond acceptors (Lipinski definition) is 2. The van der Waals surface area contributed by atoms with Crippen molar-refractivity contribution in [1.29, 1.82) is 0 Å². The zero-order chi connectivity index (χ0) is 13.2. The minimum Gasteiger partial charge on any atom is -0.308 e. The standard InChI is InChI=1S/C16H28N2/c1-5-14-11-17-16(9-7-8-10-16)12-18(14)15(6-2)13(3)4/h2,13-15,17H,5,7-12H2,1,3-4H3. The zero-order valence-corrected chi connectivity index (χ0v) is 12.2. The van der Waals surface area contributed by atoms with Crippen LogP contribution in [0.1, 0.15) is 52.9 Å². The maximum atomic E-state index is 5.80. The molecule has 1 saturated carbocycles. The summed E-state index contributed by atoms with van der Waals surface area (Å²) in [4.78, 5) is 2.62. The Labute approximate surface area is 113 Å². The van der Waals surface area contributed by atoms with Gasteiger partial charge in [-0.15, -0.1) is 6.42 Å². The fourth-order valence-corrected chi connectivity index (χ4v) is 3.75. The Morgan fingerprint density at radius 1 is 1.39 bits per heavy atom. The van der Waals surface area contributed by atoms with Gasteiger partial charge in [0.1, 0.15) is 0 Å². The fourth-order valence-electron chi connectivity index (χ4n) is 3.75. The number of nitrogens with zero attached hydrogens (tertiary/aromatic N) is 1. The normalized spacial score (nSPS) is 29.6. The van der Waals surface area contributed by atoms with E-state index in [1.165, 1.54) is 32.1 Å².